The third-order valence-corrected chi connectivity index (χ3v) is 3.34. The number of nitrogens with one attached hydrogen (secondary N) is 1. The summed E-state index contributed by atoms with van der Waals surface area (Å²) in [6.07, 6.45) is 0. The van der Waals surface area contributed by atoms with Gasteiger partial charge in [0, 0.05) is 16.6 Å². The topological polar surface area (TPSA) is 45.0 Å². The van der Waals surface area contributed by atoms with E-state index in [1.807, 2.05) is 43.3 Å². The quantitative estimate of drug-likeness (QED) is 0.887. The maximum Gasteiger partial charge on any atom is 0.124 e. The highest BCUT2D eigenvalue weighted by Crippen LogP contribution is 2.23. The number of nitriles is 1. The molecule has 0 aliphatic carbocycles. The first-order valence-electron chi connectivity index (χ1n) is 6.38. The fourth-order valence-corrected chi connectivity index (χ4v) is 2.26. The van der Waals surface area contributed by atoms with E-state index in [9.17, 15) is 0 Å². The number of rotatable bonds is 5. The van der Waals surface area contributed by atoms with Crippen molar-refractivity contribution in [2.24, 2.45) is 0 Å². The van der Waals surface area contributed by atoms with Crippen molar-refractivity contribution in [1.82, 2.24) is 0 Å². The highest BCUT2D eigenvalue weighted by molar-refractivity contribution is 9.10. The molecule has 0 aliphatic heterocycles. The molecule has 0 saturated heterocycles. The highest BCUT2D eigenvalue weighted by atomic mass is 79.9. The fourth-order valence-electron chi connectivity index (χ4n) is 1.90. The van der Waals surface area contributed by atoms with E-state index in [0.717, 1.165) is 21.5 Å². The zero-order chi connectivity index (χ0) is 14.4. The molecule has 2 aromatic rings. The van der Waals surface area contributed by atoms with Gasteiger partial charge in [-0.05, 0) is 31.2 Å². The molecule has 0 saturated carbocycles. The smallest absolute Gasteiger partial charge is 0.124 e. The van der Waals surface area contributed by atoms with Crippen molar-refractivity contribution in [3.05, 3.63) is 58.1 Å². The first-order valence-corrected chi connectivity index (χ1v) is 7.18. The van der Waals surface area contributed by atoms with Gasteiger partial charge < -0.3 is 10.1 Å². The molecule has 2 aromatic carbocycles. The lowest BCUT2D eigenvalue weighted by Gasteiger charge is -2.12. The van der Waals surface area contributed by atoms with E-state index in [0.29, 0.717) is 18.7 Å². The Balaban J connectivity index is 2.17. The minimum Gasteiger partial charge on any atom is -0.494 e. The fraction of sp³-hybridized carbons (Fsp3) is 0.188. The largest absolute Gasteiger partial charge is 0.494 e. The molecule has 20 heavy (non-hydrogen) atoms. The number of hydrogen-bond acceptors (Lipinski definition) is 3. The van der Waals surface area contributed by atoms with Crippen molar-refractivity contribution >= 4 is 21.6 Å². The van der Waals surface area contributed by atoms with E-state index < -0.39 is 0 Å². The number of hydrogen-bond donors (Lipinski definition) is 1. The normalized spacial score (nSPS) is 9.85. The van der Waals surface area contributed by atoms with Crippen molar-refractivity contribution in [1.29, 1.82) is 5.26 Å². The van der Waals surface area contributed by atoms with Crippen molar-refractivity contribution in [3.8, 4) is 11.8 Å². The summed E-state index contributed by atoms with van der Waals surface area (Å²) in [6, 6.07) is 15.6. The van der Waals surface area contributed by atoms with Crippen LogP contribution in [0.5, 0.6) is 5.75 Å². The molecule has 0 amide bonds. The summed E-state index contributed by atoms with van der Waals surface area (Å²) in [6.45, 7) is 3.21. The number of para-hydroxylation sites is 1. The van der Waals surface area contributed by atoms with Crippen LogP contribution in [0, 0.1) is 11.3 Å². The standard InChI is InChI=1S/C16H15BrN2O/c1-2-20-16-6-4-3-5-13(16)11-19-15-9-14(17)8-7-12(15)10-18/h3-9,19H,2,11H2,1H3. The number of anilines is 1. The summed E-state index contributed by atoms with van der Waals surface area (Å²) < 4.78 is 6.53. The van der Waals surface area contributed by atoms with E-state index in [1.165, 1.54) is 0 Å². The number of nitrogens with zero attached hydrogens (tertiary/aromatic N) is 1. The molecule has 0 aliphatic rings. The Morgan fingerprint density at radius 3 is 2.80 bits per heavy atom. The van der Waals surface area contributed by atoms with Gasteiger partial charge in [-0.15, -0.1) is 0 Å². The Bertz CT molecular complexity index is 635. The molecular formula is C16H15BrN2O. The first-order chi connectivity index (χ1) is 9.74. The molecule has 102 valence electrons. The van der Waals surface area contributed by atoms with Crippen LogP contribution < -0.4 is 10.1 Å². The molecule has 3 nitrogen and oxygen atoms in total. The van der Waals surface area contributed by atoms with E-state index in [1.54, 1.807) is 6.07 Å². The van der Waals surface area contributed by atoms with Gasteiger partial charge in [-0.1, -0.05) is 34.1 Å². The molecule has 0 aromatic heterocycles. The highest BCUT2D eigenvalue weighted by Gasteiger charge is 2.05. The van der Waals surface area contributed by atoms with Crippen LogP contribution in [-0.4, -0.2) is 6.61 Å². The van der Waals surface area contributed by atoms with E-state index in [-0.39, 0.29) is 0 Å². The molecule has 2 rings (SSSR count). The summed E-state index contributed by atoms with van der Waals surface area (Å²) in [5.41, 5.74) is 2.51. The van der Waals surface area contributed by atoms with Gasteiger partial charge in [0.1, 0.15) is 11.8 Å². The van der Waals surface area contributed by atoms with Crippen molar-refractivity contribution in [2.45, 2.75) is 13.5 Å². The van der Waals surface area contributed by atoms with Gasteiger partial charge in [0.25, 0.3) is 0 Å². The summed E-state index contributed by atoms with van der Waals surface area (Å²) in [7, 11) is 0. The van der Waals surface area contributed by atoms with Gasteiger partial charge in [0.05, 0.1) is 17.9 Å². The summed E-state index contributed by atoms with van der Waals surface area (Å²) in [5.74, 6) is 0.871. The van der Waals surface area contributed by atoms with Crippen LogP contribution in [-0.2, 0) is 6.54 Å². The van der Waals surface area contributed by atoms with Crippen LogP contribution in [0.25, 0.3) is 0 Å². The number of ether oxygens (including phenoxy) is 1. The Morgan fingerprint density at radius 1 is 1.25 bits per heavy atom. The average molecular weight is 331 g/mol. The molecule has 0 heterocycles. The van der Waals surface area contributed by atoms with Crippen LogP contribution in [0.3, 0.4) is 0 Å². The van der Waals surface area contributed by atoms with Crippen molar-refractivity contribution < 1.29 is 4.74 Å². The maximum atomic E-state index is 9.12. The number of halogens is 1. The molecule has 4 heteroatoms. The number of benzene rings is 2. The second-order valence-corrected chi connectivity index (χ2v) is 5.11. The summed E-state index contributed by atoms with van der Waals surface area (Å²) in [5, 5.41) is 12.4. The lowest BCUT2D eigenvalue weighted by Crippen LogP contribution is -2.04. The maximum absolute atomic E-state index is 9.12. The van der Waals surface area contributed by atoms with E-state index in [2.05, 4.69) is 27.3 Å². The zero-order valence-corrected chi connectivity index (χ0v) is 12.8. The molecule has 1 N–H and O–H groups in total. The van der Waals surface area contributed by atoms with Gasteiger partial charge in [-0.2, -0.15) is 5.26 Å². The van der Waals surface area contributed by atoms with Gasteiger partial charge >= 0.3 is 0 Å². The van der Waals surface area contributed by atoms with E-state index >= 15 is 0 Å². The molecular weight excluding hydrogens is 316 g/mol. The minimum atomic E-state index is 0.612. The van der Waals surface area contributed by atoms with Gasteiger partial charge in [-0.25, -0.2) is 0 Å². The Labute approximate surface area is 127 Å². The average Bonchev–Trinajstić information content (AvgIpc) is 2.47. The van der Waals surface area contributed by atoms with Crippen LogP contribution in [0.15, 0.2) is 46.9 Å². The predicted octanol–water partition coefficient (Wildman–Crippen LogP) is 4.33. The Hall–Kier alpha value is -1.99. The molecule has 0 atom stereocenters. The molecule has 0 spiro atoms. The van der Waals surface area contributed by atoms with Gasteiger partial charge in [0.15, 0.2) is 0 Å². The molecule has 0 radical (unpaired) electrons. The minimum absolute atomic E-state index is 0.612. The Kier molecular flexibility index (Phi) is 5.03. The van der Waals surface area contributed by atoms with E-state index in [4.69, 9.17) is 10.00 Å². The second-order valence-electron chi connectivity index (χ2n) is 4.20. The summed E-state index contributed by atoms with van der Waals surface area (Å²) >= 11 is 3.42. The lowest BCUT2D eigenvalue weighted by molar-refractivity contribution is 0.337. The molecule has 0 unspecified atom stereocenters. The van der Waals surface area contributed by atoms with Gasteiger partial charge in [-0.3, -0.25) is 0 Å². The zero-order valence-electron chi connectivity index (χ0n) is 11.2. The van der Waals surface area contributed by atoms with Crippen LogP contribution >= 0.6 is 15.9 Å². The molecule has 0 bridgehead atoms. The second kappa shape index (κ2) is 6.97. The lowest BCUT2D eigenvalue weighted by atomic mass is 10.1. The molecule has 0 fully saturated rings. The monoisotopic (exact) mass is 330 g/mol. The Morgan fingerprint density at radius 2 is 2.05 bits per heavy atom. The van der Waals surface area contributed by atoms with Crippen molar-refractivity contribution in [2.75, 3.05) is 11.9 Å². The van der Waals surface area contributed by atoms with Crippen molar-refractivity contribution in [3.63, 3.8) is 0 Å². The predicted molar refractivity (Wildman–Crippen MR) is 83.8 cm³/mol. The van der Waals surface area contributed by atoms with Crippen LogP contribution in [0.4, 0.5) is 5.69 Å². The first kappa shape index (κ1) is 14.4. The SMILES string of the molecule is CCOc1ccccc1CNc1cc(Br)ccc1C#N. The van der Waals surface area contributed by atoms with Crippen LogP contribution in [0.1, 0.15) is 18.1 Å². The summed E-state index contributed by atoms with van der Waals surface area (Å²) in [4.78, 5) is 0. The third kappa shape index (κ3) is 3.52. The third-order valence-electron chi connectivity index (χ3n) is 2.84. The van der Waals surface area contributed by atoms with Gasteiger partial charge in [0.2, 0.25) is 0 Å². The van der Waals surface area contributed by atoms with Crippen LogP contribution in [0.2, 0.25) is 0 Å².